The fraction of sp³-hybridized carbons (Fsp3) is 0.909. The molecule has 3 aliphatic rings. The van der Waals surface area contributed by atoms with Gasteiger partial charge in [0.2, 0.25) is 0 Å². The molecule has 27 heavy (non-hydrogen) atoms. The first-order valence-corrected chi connectivity index (χ1v) is 20.3. The normalized spacial score (nSPS) is 26.0. The zero-order valence-corrected chi connectivity index (χ0v) is 23.8. The number of hydrogen-bond acceptors (Lipinski definition) is 1. The van der Waals surface area contributed by atoms with Crippen molar-refractivity contribution in [3.8, 4) is 0 Å². The van der Waals surface area contributed by atoms with Crippen LogP contribution < -0.4 is 0 Å². The van der Waals surface area contributed by atoms with Crippen LogP contribution in [0.15, 0.2) is 0 Å². The van der Waals surface area contributed by atoms with Crippen molar-refractivity contribution in [3.63, 3.8) is 0 Å². The standard InChI is InChI=1S/C15H30OSi.C5H10.2CH3.2ClH.Zr/c1-17(2,3)16-12-6-8-14-11-10-13-7-4-5-9-15(13)14;1-2-4-5-3-1;;;;;/h13-15H,4-12H2,1-3H3;1-5H2;2*1H3;2*1H;/q;;2*-1;;;+4/p-2. The first-order valence-electron chi connectivity index (χ1n) is 10.6. The second-order valence-electron chi connectivity index (χ2n) is 8.99. The van der Waals surface area contributed by atoms with Gasteiger partial charge in [-0.05, 0) is 69.5 Å². The van der Waals surface area contributed by atoms with Crippen molar-refractivity contribution in [2.45, 2.75) is 103 Å². The first kappa shape index (κ1) is 30.8. The van der Waals surface area contributed by atoms with Gasteiger partial charge < -0.3 is 19.3 Å². The molecule has 0 N–H and O–H groups in total. The van der Waals surface area contributed by atoms with E-state index >= 15 is 0 Å². The van der Waals surface area contributed by atoms with Gasteiger partial charge in [-0.1, -0.05) is 51.4 Å². The molecule has 0 spiro atoms. The van der Waals surface area contributed by atoms with E-state index in [0.717, 1.165) is 24.4 Å². The quantitative estimate of drug-likeness (QED) is 0.201. The van der Waals surface area contributed by atoms with Gasteiger partial charge in [0.15, 0.2) is 8.32 Å². The zero-order valence-electron chi connectivity index (χ0n) is 18.8. The zero-order chi connectivity index (χ0) is 18.5. The third kappa shape index (κ3) is 15.1. The van der Waals surface area contributed by atoms with Crippen LogP contribution in [-0.2, 0) is 25.3 Å². The molecule has 0 heterocycles. The third-order valence-electron chi connectivity index (χ3n) is 5.99. The average molecular weight is 517 g/mol. The fourth-order valence-corrected chi connectivity index (χ4v) is 5.58. The fourth-order valence-electron chi connectivity index (χ4n) is 4.82. The Morgan fingerprint density at radius 1 is 0.815 bits per heavy atom. The van der Waals surface area contributed by atoms with E-state index < -0.39 is 29.2 Å². The van der Waals surface area contributed by atoms with Gasteiger partial charge in [-0.2, -0.15) is 0 Å². The molecule has 5 heteroatoms. The average Bonchev–Trinajstić information content (AvgIpc) is 3.25. The molecule has 162 valence electrons. The van der Waals surface area contributed by atoms with Gasteiger partial charge >= 0.3 is 37.9 Å². The van der Waals surface area contributed by atoms with Gasteiger partial charge in [-0.15, -0.1) is 0 Å². The van der Waals surface area contributed by atoms with Crippen molar-refractivity contribution in [1.29, 1.82) is 0 Å². The molecule has 3 fully saturated rings. The molecule has 1 nitrogen and oxygen atoms in total. The predicted molar refractivity (Wildman–Crippen MR) is 124 cm³/mol. The summed E-state index contributed by atoms with van der Waals surface area (Å²) in [6, 6.07) is 0. The second kappa shape index (κ2) is 18.4. The summed E-state index contributed by atoms with van der Waals surface area (Å²) in [5.41, 5.74) is 0. The van der Waals surface area contributed by atoms with Crippen molar-refractivity contribution in [1.82, 2.24) is 0 Å². The molecule has 0 saturated heterocycles. The molecule has 0 amide bonds. The van der Waals surface area contributed by atoms with Gasteiger partial charge in [-0.25, -0.2) is 0 Å². The van der Waals surface area contributed by atoms with E-state index in [1.807, 2.05) is 0 Å². The van der Waals surface area contributed by atoms with Crippen molar-refractivity contribution in [2.24, 2.45) is 17.8 Å². The summed E-state index contributed by atoms with van der Waals surface area (Å²) < 4.78 is 5.96. The summed E-state index contributed by atoms with van der Waals surface area (Å²) in [5, 5.41) is 0. The van der Waals surface area contributed by atoms with Crippen LogP contribution in [0.3, 0.4) is 0 Å². The minimum absolute atomic E-state index is 0. The van der Waals surface area contributed by atoms with Crippen LogP contribution in [0, 0.1) is 32.6 Å². The predicted octanol–water partition coefficient (Wildman–Crippen LogP) is 9.06. The van der Waals surface area contributed by atoms with Crippen molar-refractivity contribution < 1.29 is 25.3 Å². The van der Waals surface area contributed by atoms with Crippen molar-refractivity contribution in [2.75, 3.05) is 6.61 Å². The van der Waals surface area contributed by atoms with E-state index in [2.05, 4.69) is 19.6 Å². The summed E-state index contributed by atoms with van der Waals surface area (Å²) in [4.78, 5) is 0. The Morgan fingerprint density at radius 2 is 1.33 bits per heavy atom. The number of rotatable bonds is 5. The summed E-state index contributed by atoms with van der Waals surface area (Å²) >= 11 is -0.826. The maximum atomic E-state index is 5.96. The minimum atomic E-state index is -1.27. The molecule has 3 atom stereocenters. The van der Waals surface area contributed by atoms with Gasteiger partial charge in [0.25, 0.3) is 0 Å². The van der Waals surface area contributed by atoms with Gasteiger partial charge in [0.1, 0.15) is 0 Å². The molecule has 3 saturated carbocycles. The number of fused-ring (bicyclic) bond motifs is 1. The van der Waals surface area contributed by atoms with Crippen LogP contribution in [-0.4, -0.2) is 14.9 Å². The van der Waals surface area contributed by atoms with Crippen molar-refractivity contribution in [3.05, 3.63) is 14.9 Å². The van der Waals surface area contributed by atoms with E-state index in [0.29, 0.717) is 0 Å². The van der Waals surface area contributed by atoms with Gasteiger partial charge in [0.05, 0.1) is 0 Å². The number of hydrogen-bond donors (Lipinski definition) is 0. The van der Waals surface area contributed by atoms with E-state index in [4.69, 9.17) is 21.5 Å². The van der Waals surface area contributed by atoms with E-state index in [-0.39, 0.29) is 14.9 Å². The topological polar surface area (TPSA) is 9.23 Å². The van der Waals surface area contributed by atoms with Gasteiger partial charge in [-0.3, -0.25) is 0 Å². The van der Waals surface area contributed by atoms with Crippen LogP contribution in [0.4, 0.5) is 0 Å². The Kier molecular flexibility index (Phi) is 21.0. The van der Waals surface area contributed by atoms with E-state index in [9.17, 15) is 0 Å². The molecule has 3 unspecified atom stereocenters. The molecule has 0 aliphatic heterocycles. The summed E-state index contributed by atoms with van der Waals surface area (Å²) in [7, 11) is 8.60. The second-order valence-corrected chi connectivity index (χ2v) is 17.2. The molecule has 0 aromatic carbocycles. The molecule has 3 rings (SSSR count). The van der Waals surface area contributed by atoms with Crippen LogP contribution >= 0.6 is 17.0 Å². The Hall–Kier alpha value is 1.64. The molecule has 0 bridgehead atoms. The Morgan fingerprint density at radius 3 is 1.85 bits per heavy atom. The molecular formula is C22H46Cl2OSiZr. The summed E-state index contributed by atoms with van der Waals surface area (Å²) in [6.07, 6.45) is 19.4. The van der Waals surface area contributed by atoms with E-state index in [1.54, 1.807) is 0 Å². The van der Waals surface area contributed by atoms with Crippen LogP contribution in [0.25, 0.3) is 0 Å². The molecular weight excluding hydrogens is 470 g/mol. The Labute approximate surface area is 191 Å². The van der Waals surface area contributed by atoms with Crippen LogP contribution in [0.1, 0.15) is 83.5 Å². The van der Waals surface area contributed by atoms with Crippen molar-refractivity contribution >= 4 is 25.3 Å². The Balaban J connectivity index is 0. The molecule has 0 aromatic rings. The molecule has 0 aromatic heterocycles. The summed E-state index contributed by atoms with van der Waals surface area (Å²) in [6.45, 7) is 7.89. The molecule has 0 radical (unpaired) electrons. The van der Waals surface area contributed by atoms with Crippen LogP contribution in [0.5, 0.6) is 0 Å². The van der Waals surface area contributed by atoms with Gasteiger partial charge in [0, 0.05) is 6.61 Å². The maximum absolute atomic E-state index is 5.96. The van der Waals surface area contributed by atoms with E-state index in [1.165, 1.54) is 83.5 Å². The summed E-state index contributed by atoms with van der Waals surface area (Å²) in [5.74, 6) is 3.24. The third-order valence-corrected chi connectivity index (χ3v) is 7.06. The number of halogens is 2. The Bertz CT molecular complexity index is 314. The van der Waals surface area contributed by atoms with Crippen LogP contribution in [0.2, 0.25) is 19.6 Å². The monoisotopic (exact) mass is 514 g/mol. The SMILES string of the molecule is C1CCCC1.C[Si](C)(C)OCCCC1CCC2CCCCC21.[CH3-].[CH3-].[Cl][Zr+2][Cl]. The molecule has 3 aliphatic carbocycles. The first-order chi connectivity index (χ1) is 12.0.